The summed E-state index contributed by atoms with van der Waals surface area (Å²) in [5, 5.41) is 4.16. The van der Waals surface area contributed by atoms with Gasteiger partial charge in [0.1, 0.15) is 11.9 Å². The Morgan fingerprint density at radius 2 is 1.89 bits per heavy atom. The van der Waals surface area contributed by atoms with E-state index in [2.05, 4.69) is 39.9 Å². The molecule has 0 saturated heterocycles. The van der Waals surface area contributed by atoms with E-state index in [4.69, 9.17) is 16.3 Å². The number of hydrogen-bond acceptors (Lipinski definition) is 2. The average molecular weight is 284 g/mol. The van der Waals surface area contributed by atoms with Gasteiger partial charge in [-0.05, 0) is 51.3 Å². The fraction of sp³-hybridized carbons (Fsp3) is 0.625. The van der Waals surface area contributed by atoms with Crippen LogP contribution in [0.5, 0.6) is 5.75 Å². The molecule has 0 aliphatic rings. The normalized spacial score (nSPS) is 13.7. The number of nitrogens with one attached hydrogen (secondary N) is 1. The quantitative estimate of drug-likeness (QED) is 0.862. The second-order valence-electron chi connectivity index (χ2n) is 6.47. The lowest BCUT2D eigenvalue weighted by molar-refractivity contribution is 0.140. The van der Waals surface area contributed by atoms with Crippen LogP contribution in [0.4, 0.5) is 0 Å². The molecular formula is C16H26ClNO. The van der Waals surface area contributed by atoms with Gasteiger partial charge in [-0.1, -0.05) is 31.5 Å². The molecule has 19 heavy (non-hydrogen) atoms. The van der Waals surface area contributed by atoms with Crippen LogP contribution in [-0.4, -0.2) is 18.2 Å². The largest absolute Gasteiger partial charge is 0.487 e. The summed E-state index contributed by atoms with van der Waals surface area (Å²) >= 11 is 6.19. The standard InChI is InChI=1S/C16H26ClNO/c1-11(2)15(10-18-16(4,5)6)19-14-9-12(3)7-8-13(14)17/h7-9,11,15,18H,10H2,1-6H3. The van der Waals surface area contributed by atoms with Gasteiger partial charge in [0.25, 0.3) is 0 Å². The third kappa shape index (κ3) is 5.84. The van der Waals surface area contributed by atoms with Gasteiger partial charge in [0.15, 0.2) is 0 Å². The highest BCUT2D eigenvalue weighted by Crippen LogP contribution is 2.27. The van der Waals surface area contributed by atoms with E-state index in [0.717, 1.165) is 17.9 Å². The molecule has 0 aromatic heterocycles. The van der Waals surface area contributed by atoms with Crippen LogP contribution in [0.25, 0.3) is 0 Å². The third-order valence-electron chi connectivity index (χ3n) is 2.94. The van der Waals surface area contributed by atoms with E-state index in [-0.39, 0.29) is 11.6 Å². The Kier molecular flexibility index (Phi) is 5.69. The third-order valence-corrected chi connectivity index (χ3v) is 3.25. The second kappa shape index (κ2) is 6.62. The Labute approximate surface area is 122 Å². The van der Waals surface area contributed by atoms with Crippen molar-refractivity contribution in [1.29, 1.82) is 0 Å². The number of aryl methyl sites for hydroxylation is 1. The first kappa shape index (κ1) is 16.3. The molecular weight excluding hydrogens is 258 g/mol. The lowest BCUT2D eigenvalue weighted by Crippen LogP contribution is -2.44. The van der Waals surface area contributed by atoms with Crippen molar-refractivity contribution in [3.05, 3.63) is 28.8 Å². The number of ether oxygens (including phenoxy) is 1. The van der Waals surface area contributed by atoms with Crippen molar-refractivity contribution in [3.63, 3.8) is 0 Å². The van der Waals surface area contributed by atoms with Crippen LogP contribution in [0, 0.1) is 12.8 Å². The van der Waals surface area contributed by atoms with Gasteiger partial charge < -0.3 is 10.1 Å². The maximum atomic E-state index is 6.19. The zero-order chi connectivity index (χ0) is 14.6. The molecule has 1 aromatic rings. The lowest BCUT2D eigenvalue weighted by atomic mass is 10.0. The molecule has 0 radical (unpaired) electrons. The first-order valence-electron chi connectivity index (χ1n) is 6.87. The van der Waals surface area contributed by atoms with Crippen molar-refractivity contribution in [3.8, 4) is 5.75 Å². The summed E-state index contributed by atoms with van der Waals surface area (Å²) in [5.41, 5.74) is 1.25. The molecule has 1 rings (SSSR count). The number of halogens is 1. The molecule has 0 amide bonds. The van der Waals surface area contributed by atoms with Gasteiger partial charge in [0.05, 0.1) is 5.02 Å². The molecule has 0 spiro atoms. The Morgan fingerprint density at radius 1 is 1.26 bits per heavy atom. The van der Waals surface area contributed by atoms with Crippen molar-refractivity contribution in [2.75, 3.05) is 6.54 Å². The highest BCUT2D eigenvalue weighted by Gasteiger charge is 2.19. The second-order valence-corrected chi connectivity index (χ2v) is 6.87. The van der Waals surface area contributed by atoms with Crippen molar-refractivity contribution >= 4 is 11.6 Å². The molecule has 0 saturated carbocycles. The summed E-state index contributed by atoms with van der Waals surface area (Å²) < 4.78 is 6.09. The SMILES string of the molecule is Cc1ccc(Cl)c(OC(CNC(C)(C)C)C(C)C)c1. The Hall–Kier alpha value is -0.730. The Bertz CT molecular complexity index is 410. The molecule has 1 atom stereocenters. The highest BCUT2D eigenvalue weighted by molar-refractivity contribution is 6.32. The lowest BCUT2D eigenvalue weighted by Gasteiger charge is -2.28. The van der Waals surface area contributed by atoms with Crippen molar-refractivity contribution in [2.45, 2.75) is 53.2 Å². The van der Waals surface area contributed by atoms with Gasteiger partial charge in [-0.3, -0.25) is 0 Å². The predicted molar refractivity (Wildman–Crippen MR) is 83.2 cm³/mol. The Balaban J connectivity index is 2.75. The summed E-state index contributed by atoms with van der Waals surface area (Å²) in [4.78, 5) is 0. The minimum absolute atomic E-state index is 0.0902. The molecule has 1 aromatic carbocycles. The molecule has 0 heterocycles. The highest BCUT2D eigenvalue weighted by atomic mass is 35.5. The monoisotopic (exact) mass is 283 g/mol. The minimum atomic E-state index is 0.0902. The number of rotatable bonds is 5. The van der Waals surface area contributed by atoms with Gasteiger partial charge in [-0.25, -0.2) is 0 Å². The van der Waals surface area contributed by atoms with Crippen LogP contribution in [0.2, 0.25) is 5.02 Å². The van der Waals surface area contributed by atoms with E-state index in [9.17, 15) is 0 Å². The first-order valence-corrected chi connectivity index (χ1v) is 7.24. The molecule has 108 valence electrons. The maximum Gasteiger partial charge on any atom is 0.138 e. The van der Waals surface area contributed by atoms with Crippen LogP contribution < -0.4 is 10.1 Å². The van der Waals surface area contributed by atoms with E-state index in [1.165, 1.54) is 0 Å². The van der Waals surface area contributed by atoms with Crippen LogP contribution in [-0.2, 0) is 0 Å². The summed E-state index contributed by atoms with van der Waals surface area (Å²) in [6, 6.07) is 5.88. The van der Waals surface area contributed by atoms with Crippen LogP contribution in [0.3, 0.4) is 0 Å². The van der Waals surface area contributed by atoms with Gasteiger partial charge in [-0.15, -0.1) is 0 Å². The fourth-order valence-corrected chi connectivity index (χ4v) is 1.85. The number of benzene rings is 1. The molecule has 0 aliphatic heterocycles. The van der Waals surface area contributed by atoms with Gasteiger partial charge in [0, 0.05) is 12.1 Å². The van der Waals surface area contributed by atoms with Crippen LogP contribution in [0.1, 0.15) is 40.2 Å². The van der Waals surface area contributed by atoms with E-state index in [1.54, 1.807) is 0 Å². The molecule has 3 heteroatoms. The molecule has 2 nitrogen and oxygen atoms in total. The summed E-state index contributed by atoms with van der Waals surface area (Å²) in [6.45, 7) is 13.7. The van der Waals surface area contributed by atoms with Crippen LogP contribution >= 0.6 is 11.6 Å². The summed E-state index contributed by atoms with van der Waals surface area (Å²) in [7, 11) is 0. The van der Waals surface area contributed by atoms with E-state index < -0.39 is 0 Å². The van der Waals surface area contributed by atoms with Crippen molar-refractivity contribution in [2.24, 2.45) is 5.92 Å². The molecule has 0 aliphatic carbocycles. The van der Waals surface area contributed by atoms with Crippen molar-refractivity contribution < 1.29 is 4.74 Å². The zero-order valence-electron chi connectivity index (χ0n) is 12.9. The fourth-order valence-electron chi connectivity index (χ4n) is 1.68. The molecule has 1 unspecified atom stereocenters. The molecule has 0 bridgehead atoms. The van der Waals surface area contributed by atoms with E-state index >= 15 is 0 Å². The smallest absolute Gasteiger partial charge is 0.138 e. The average Bonchev–Trinajstić information content (AvgIpc) is 2.27. The zero-order valence-corrected chi connectivity index (χ0v) is 13.6. The van der Waals surface area contributed by atoms with Crippen LogP contribution in [0.15, 0.2) is 18.2 Å². The first-order chi connectivity index (χ1) is 8.69. The maximum absolute atomic E-state index is 6.19. The van der Waals surface area contributed by atoms with Gasteiger partial charge in [-0.2, -0.15) is 0 Å². The predicted octanol–water partition coefficient (Wildman–Crippen LogP) is 4.44. The summed E-state index contributed by atoms with van der Waals surface area (Å²) in [6.07, 6.45) is 0.110. The summed E-state index contributed by atoms with van der Waals surface area (Å²) in [5.74, 6) is 1.20. The van der Waals surface area contributed by atoms with E-state index in [1.807, 2.05) is 25.1 Å². The van der Waals surface area contributed by atoms with Crippen molar-refractivity contribution in [1.82, 2.24) is 5.32 Å². The number of hydrogen-bond donors (Lipinski definition) is 1. The molecule has 0 fully saturated rings. The van der Waals surface area contributed by atoms with Gasteiger partial charge in [0.2, 0.25) is 0 Å². The van der Waals surface area contributed by atoms with Gasteiger partial charge >= 0.3 is 0 Å². The van der Waals surface area contributed by atoms with E-state index in [0.29, 0.717) is 10.9 Å². The minimum Gasteiger partial charge on any atom is -0.487 e. The molecule has 1 N–H and O–H groups in total. The Morgan fingerprint density at radius 3 is 2.42 bits per heavy atom. The topological polar surface area (TPSA) is 21.3 Å².